The van der Waals surface area contributed by atoms with Gasteiger partial charge in [-0.3, -0.25) is 9.59 Å². The lowest BCUT2D eigenvalue weighted by Gasteiger charge is -2.34. The average Bonchev–Trinajstić information content (AvgIpc) is 3.33. The number of nitrogens with zero attached hydrogens (tertiary/aromatic N) is 2. The van der Waals surface area contributed by atoms with Gasteiger partial charge in [-0.05, 0) is 67.5 Å². The lowest BCUT2D eigenvalue weighted by atomic mass is 9.97. The van der Waals surface area contributed by atoms with Crippen molar-refractivity contribution < 1.29 is 19.4 Å². The number of phenolic OH excluding ortho intramolecular Hbond substituents is 1. The molecule has 2 N–H and O–H groups in total. The van der Waals surface area contributed by atoms with Crippen molar-refractivity contribution in [3.63, 3.8) is 0 Å². The fraction of sp³-hybridized carbons (Fsp3) is 0.393. The van der Waals surface area contributed by atoms with E-state index in [0.29, 0.717) is 43.4 Å². The van der Waals surface area contributed by atoms with Gasteiger partial charge in [0.2, 0.25) is 11.8 Å². The fourth-order valence-corrected chi connectivity index (χ4v) is 5.20. The molecule has 37 heavy (non-hydrogen) atoms. The minimum atomic E-state index is -0.826. The first-order chi connectivity index (χ1) is 17.9. The number of halogens is 1. The number of nitrogens with one attached hydrogen (secondary N) is 1. The summed E-state index contributed by atoms with van der Waals surface area (Å²) in [5, 5.41) is 15.9. The van der Waals surface area contributed by atoms with Gasteiger partial charge in [0.15, 0.2) is 6.04 Å². The summed E-state index contributed by atoms with van der Waals surface area (Å²) in [6.45, 7) is 4.00. The van der Waals surface area contributed by atoms with Gasteiger partial charge in [0.25, 0.3) is 0 Å². The number of carbonyl (C=O) groups excluding carboxylic acids is 2. The molecule has 1 aliphatic heterocycles. The van der Waals surface area contributed by atoms with Gasteiger partial charge in [0.05, 0.1) is 10.7 Å². The molecule has 7 nitrogen and oxygen atoms in total. The van der Waals surface area contributed by atoms with Crippen LogP contribution in [0.5, 0.6) is 5.75 Å². The predicted molar refractivity (Wildman–Crippen MR) is 145 cm³/mol. The van der Waals surface area contributed by atoms with E-state index in [0.717, 1.165) is 29.0 Å². The molecule has 1 atom stereocenters. The lowest BCUT2D eigenvalue weighted by molar-refractivity contribution is -0.142. The van der Waals surface area contributed by atoms with Crippen LogP contribution in [0.3, 0.4) is 0 Å². The summed E-state index contributed by atoms with van der Waals surface area (Å²) in [4.78, 5) is 33.7. The summed E-state index contributed by atoms with van der Waals surface area (Å²) in [7, 11) is 0. The number of benzene rings is 2. The maximum absolute atomic E-state index is 13.7. The van der Waals surface area contributed by atoms with E-state index in [9.17, 15) is 14.7 Å². The summed E-state index contributed by atoms with van der Waals surface area (Å²) in [5.41, 5.74) is 2.45. The lowest BCUT2D eigenvalue weighted by Crippen LogP contribution is -2.46. The molecule has 1 fully saturated rings. The van der Waals surface area contributed by atoms with Gasteiger partial charge in [-0.1, -0.05) is 35.9 Å². The SMILES string of the molecule is Cc1nc(C(C(=O)NCc2ccc(Cl)cc2)N(CC2CCOCC2)C(=O)CCc2ccc(O)cc2)cs1. The predicted octanol–water partition coefficient (Wildman–Crippen LogP) is 5.06. The number of aryl methyl sites for hydroxylation is 2. The molecule has 1 saturated heterocycles. The zero-order valence-electron chi connectivity index (χ0n) is 20.9. The minimum absolute atomic E-state index is 0.100. The topological polar surface area (TPSA) is 91.8 Å². The number of hydrogen-bond acceptors (Lipinski definition) is 6. The normalized spacial score (nSPS) is 14.8. The van der Waals surface area contributed by atoms with E-state index in [1.165, 1.54) is 11.3 Å². The highest BCUT2D eigenvalue weighted by molar-refractivity contribution is 7.09. The molecule has 0 saturated carbocycles. The molecule has 2 amide bonds. The summed E-state index contributed by atoms with van der Waals surface area (Å²) in [6, 6.07) is 13.3. The first-order valence-electron chi connectivity index (χ1n) is 12.5. The second-order valence-corrected chi connectivity index (χ2v) is 10.8. The van der Waals surface area contributed by atoms with Gasteiger partial charge in [-0.25, -0.2) is 4.98 Å². The number of phenols is 1. The molecule has 4 rings (SSSR count). The van der Waals surface area contributed by atoms with E-state index in [1.807, 2.05) is 36.6 Å². The zero-order chi connectivity index (χ0) is 26.2. The van der Waals surface area contributed by atoms with Gasteiger partial charge in [-0.2, -0.15) is 0 Å². The maximum atomic E-state index is 13.7. The summed E-state index contributed by atoms with van der Waals surface area (Å²) in [5.74, 6) is 0.0763. The van der Waals surface area contributed by atoms with Crippen LogP contribution in [0.2, 0.25) is 5.02 Å². The Morgan fingerprint density at radius 1 is 1.14 bits per heavy atom. The Labute approximate surface area is 226 Å². The Morgan fingerprint density at radius 3 is 2.46 bits per heavy atom. The Morgan fingerprint density at radius 2 is 1.81 bits per heavy atom. The molecule has 2 heterocycles. The molecule has 0 aliphatic carbocycles. The molecule has 0 bridgehead atoms. The maximum Gasteiger partial charge on any atom is 0.249 e. The van der Waals surface area contributed by atoms with E-state index < -0.39 is 6.04 Å². The third-order valence-corrected chi connectivity index (χ3v) is 7.58. The van der Waals surface area contributed by atoms with E-state index in [1.54, 1.807) is 29.2 Å². The smallest absolute Gasteiger partial charge is 0.249 e. The van der Waals surface area contributed by atoms with Crippen LogP contribution in [0, 0.1) is 12.8 Å². The van der Waals surface area contributed by atoms with Crippen LogP contribution in [-0.4, -0.2) is 46.6 Å². The van der Waals surface area contributed by atoms with Gasteiger partial charge in [-0.15, -0.1) is 11.3 Å². The quantitative estimate of drug-likeness (QED) is 0.374. The van der Waals surface area contributed by atoms with Crippen molar-refractivity contribution >= 4 is 34.8 Å². The van der Waals surface area contributed by atoms with Crippen molar-refractivity contribution in [1.29, 1.82) is 0 Å². The molecular weight excluding hydrogens is 510 g/mol. The standard InChI is InChI=1S/C28H32ClN3O4S/c1-19-31-25(18-37-19)27(28(35)30-16-21-2-7-23(29)8-3-21)32(17-22-12-14-36-15-13-22)26(34)11-6-20-4-9-24(33)10-5-20/h2-5,7-10,18,22,27,33H,6,11-17H2,1H3,(H,30,35). The van der Waals surface area contributed by atoms with Gasteiger partial charge >= 0.3 is 0 Å². The number of rotatable bonds is 10. The largest absolute Gasteiger partial charge is 0.508 e. The highest BCUT2D eigenvalue weighted by atomic mass is 35.5. The zero-order valence-corrected chi connectivity index (χ0v) is 22.4. The van der Waals surface area contributed by atoms with Crippen molar-refractivity contribution in [2.24, 2.45) is 5.92 Å². The van der Waals surface area contributed by atoms with Crippen LogP contribution in [0.25, 0.3) is 0 Å². The number of aromatic nitrogens is 1. The molecule has 1 unspecified atom stereocenters. The number of ether oxygens (including phenoxy) is 1. The monoisotopic (exact) mass is 541 g/mol. The molecular formula is C28H32ClN3O4S. The number of aromatic hydroxyl groups is 1. The Kier molecular flexibility index (Phi) is 9.55. The fourth-order valence-electron chi connectivity index (χ4n) is 4.45. The first-order valence-corrected chi connectivity index (χ1v) is 13.7. The average molecular weight is 542 g/mol. The van der Waals surface area contributed by atoms with Crippen LogP contribution < -0.4 is 5.32 Å². The highest BCUT2D eigenvalue weighted by Crippen LogP contribution is 2.28. The molecule has 1 aliphatic rings. The van der Waals surface area contributed by atoms with Crippen molar-refractivity contribution in [3.8, 4) is 5.75 Å². The highest BCUT2D eigenvalue weighted by Gasteiger charge is 2.34. The molecule has 2 aromatic carbocycles. The summed E-state index contributed by atoms with van der Waals surface area (Å²) in [6.07, 6.45) is 2.45. The van der Waals surface area contributed by atoms with Gasteiger partial charge in [0, 0.05) is 43.1 Å². The third-order valence-electron chi connectivity index (χ3n) is 6.54. The van der Waals surface area contributed by atoms with Crippen LogP contribution in [0.15, 0.2) is 53.9 Å². The van der Waals surface area contributed by atoms with Crippen molar-refractivity contribution in [2.75, 3.05) is 19.8 Å². The first kappa shape index (κ1) is 27.1. The molecule has 1 aromatic heterocycles. The van der Waals surface area contributed by atoms with Crippen LogP contribution >= 0.6 is 22.9 Å². The van der Waals surface area contributed by atoms with Crippen LogP contribution in [-0.2, 0) is 27.3 Å². The number of thiazole rings is 1. The molecule has 3 aromatic rings. The van der Waals surface area contributed by atoms with Crippen molar-refractivity contribution in [2.45, 2.75) is 45.2 Å². The number of carbonyl (C=O) groups is 2. The van der Waals surface area contributed by atoms with Crippen LogP contribution in [0.4, 0.5) is 0 Å². The summed E-state index contributed by atoms with van der Waals surface area (Å²) < 4.78 is 5.53. The third kappa shape index (κ3) is 7.77. The van der Waals surface area contributed by atoms with E-state index in [2.05, 4.69) is 10.3 Å². The Balaban J connectivity index is 1.56. The van der Waals surface area contributed by atoms with E-state index in [4.69, 9.17) is 16.3 Å². The molecule has 0 spiro atoms. The van der Waals surface area contributed by atoms with E-state index >= 15 is 0 Å². The van der Waals surface area contributed by atoms with Crippen molar-refractivity contribution in [1.82, 2.24) is 15.2 Å². The second kappa shape index (κ2) is 13.0. The second-order valence-electron chi connectivity index (χ2n) is 9.31. The number of amides is 2. The van der Waals surface area contributed by atoms with Gasteiger partial charge < -0.3 is 20.1 Å². The van der Waals surface area contributed by atoms with Crippen LogP contribution in [0.1, 0.15) is 47.1 Å². The van der Waals surface area contributed by atoms with Crippen molar-refractivity contribution in [3.05, 3.63) is 80.8 Å². The summed E-state index contributed by atoms with van der Waals surface area (Å²) >= 11 is 7.46. The number of hydrogen-bond donors (Lipinski definition) is 2. The molecule has 9 heteroatoms. The van der Waals surface area contributed by atoms with Gasteiger partial charge in [0.1, 0.15) is 5.75 Å². The minimum Gasteiger partial charge on any atom is -0.508 e. The Bertz CT molecular complexity index is 1180. The molecule has 196 valence electrons. The van der Waals surface area contributed by atoms with E-state index in [-0.39, 0.29) is 29.9 Å². The Hall–Kier alpha value is -2.94. The molecule has 0 radical (unpaired) electrons.